The molecular weight excluding hydrogens is 351 g/mol. The normalized spacial score (nSPS) is 14.6. The van der Waals surface area contributed by atoms with E-state index in [4.69, 9.17) is 27.9 Å². The molecule has 1 fully saturated rings. The van der Waals surface area contributed by atoms with Gasteiger partial charge in [0.15, 0.2) is 6.61 Å². The lowest BCUT2D eigenvalue weighted by molar-refractivity contribution is -0.140. The number of ether oxygens (including phenoxy) is 1. The van der Waals surface area contributed by atoms with Crippen molar-refractivity contribution >= 4 is 35.0 Å². The van der Waals surface area contributed by atoms with Gasteiger partial charge in [-0.2, -0.15) is 0 Å². The van der Waals surface area contributed by atoms with E-state index < -0.39 is 0 Å². The number of carbonyl (C=O) groups is 2. The summed E-state index contributed by atoms with van der Waals surface area (Å²) in [5.41, 5.74) is 0. The second-order valence-electron chi connectivity index (χ2n) is 5.73. The highest BCUT2D eigenvalue weighted by Crippen LogP contribution is 2.27. The minimum absolute atomic E-state index is 0.0782. The Morgan fingerprint density at radius 3 is 2.29 bits per heavy atom. The van der Waals surface area contributed by atoms with Crippen molar-refractivity contribution in [1.29, 1.82) is 0 Å². The second kappa shape index (κ2) is 9.14. The maximum Gasteiger partial charge on any atom is 0.260 e. The van der Waals surface area contributed by atoms with E-state index in [1.54, 1.807) is 23.1 Å². The quantitative estimate of drug-likeness (QED) is 0.769. The molecule has 2 amide bonds. The molecule has 0 spiro atoms. The van der Waals surface area contributed by atoms with Crippen LogP contribution in [0.2, 0.25) is 10.0 Å². The molecule has 0 aliphatic carbocycles. The van der Waals surface area contributed by atoms with Gasteiger partial charge >= 0.3 is 0 Å². The Morgan fingerprint density at radius 2 is 1.71 bits per heavy atom. The molecule has 1 aromatic rings. The largest absolute Gasteiger partial charge is 0.482 e. The number of nitrogens with zero attached hydrogens (tertiary/aromatic N) is 2. The van der Waals surface area contributed by atoms with Gasteiger partial charge in [0, 0.05) is 37.6 Å². The number of hydrogen-bond donors (Lipinski definition) is 0. The Hall–Kier alpha value is -1.46. The SMILES string of the molecule is CCCCC(=O)N1CCN(C(=O)COc2ccc(Cl)cc2Cl)CC1. The molecule has 2 rings (SSSR count). The van der Waals surface area contributed by atoms with Crippen molar-refractivity contribution < 1.29 is 14.3 Å². The zero-order valence-corrected chi connectivity index (χ0v) is 15.3. The van der Waals surface area contributed by atoms with Gasteiger partial charge in [0.2, 0.25) is 5.91 Å². The molecule has 1 heterocycles. The predicted octanol–water partition coefficient (Wildman–Crippen LogP) is 3.23. The number of benzene rings is 1. The molecule has 0 saturated carbocycles. The van der Waals surface area contributed by atoms with E-state index in [0.29, 0.717) is 48.4 Å². The van der Waals surface area contributed by atoms with Crippen LogP contribution in [0.5, 0.6) is 5.75 Å². The van der Waals surface area contributed by atoms with Crippen LogP contribution in [-0.2, 0) is 9.59 Å². The molecule has 0 atom stereocenters. The molecule has 0 unspecified atom stereocenters. The van der Waals surface area contributed by atoms with Gasteiger partial charge < -0.3 is 14.5 Å². The van der Waals surface area contributed by atoms with Crippen molar-refractivity contribution in [2.75, 3.05) is 32.8 Å². The van der Waals surface area contributed by atoms with Gasteiger partial charge in [-0.1, -0.05) is 36.5 Å². The predicted molar refractivity (Wildman–Crippen MR) is 94.6 cm³/mol. The highest BCUT2D eigenvalue weighted by molar-refractivity contribution is 6.35. The zero-order valence-electron chi connectivity index (χ0n) is 13.8. The molecule has 24 heavy (non-hydrogen) atoms. The summed E-state index contributed by atoms with van der Waals surface area (Å²) in [4.78, 5) is 27.8. The minimum Gasteiger partial charge on any atom is -0.482 e. The molecule has 0 N–H and O–H groups in total. The van der Waals surface area contributed by atoms with Crippen LogP contribution >= 0.6 is 23.2 Å². The van der Waals surface area contributed by atoms with E-state index in [9.17, 15) is 9.59 Å². The Bertz CT molecular complexity index is 587. The average Bonchev–Trinajstić information content (AvgIpc) is 2.58. The molecule has 1 aliphatic rings. The van der Waals surface area contributed by atoms with Crippen LogP contribution in [0.25, 0.3) is 0 Å². The van der Waals surface area contributed by atoms with Gasteiger partial charge in [-0.05, 0) is 24.6 Å². The second-order valence-corrected chi connectivity index (χ2v) is 6.57. The van der Waals surface area contributed by atoms with Gasteiger partial charge in [0.05, 0.1) is 5.02 Å². The van der Waals surface area contributed by atoms with Crippen molar-refractivity contribution in [2.24, 2.45) is 0 Å². The van der Waals surface area contributed by atoms with Gasteiger partial charge in [-0.15, -0.1) is 0 Å². The molecule has 0 radical (unpaired) electrons. The van der Waals surface area contributed by atoms with Crippen LogP contribution in [0.1, 0.15) is 26.2 Å². The maximum atomic E-state index is 12.2. The summed E-state index contributed by atoms with van der Waals surface area (Å²) >= 11 is 11.8. The van der Waals surface area contributed by atoms with E-state index in [1.807, 2.05) is 4.90 Å². The maximum absolute atomic E-state index is 12.2. The fourth-order valence-electron chi connectivity index (χ4n) is 2.51. The Balaban J connectivity index is 1.77. The van der Waals surface area contributed by atoms with Crippen molar-refractivity contribution in [3.8, 4) is 5.75 Å². The van der Waals surface area contributed by atoms with Crippen LogP contribution < -0.4 is 4.74 Å². The third-order valence-electron chi connectivity index (χ3n) is 3.97. The van der Waals surface area contributed by atoms with Crippen molar-refractivity contribution in [3.05, 3.63) is 28.2 Å². The lowest BCUT2D eigenvalue weighted by Gasteiger charge is -2.34. The van der Waals surface area contributed by atoms with Crippen molar-refractivity contribution in [2.45, 2.75) is 26.2 Å². The van der Waals surface area contributed by atoms with E-state index >= 15 is 0 Å². The van der Waals surface area contributed by atoms with Gasteiger partial charge in [0.1, 0.15) is 5.75 Å². The standard InChI is InChI=1S/C17H22Cl2N2O3/c1-2-3-4-16(22)20-7-9-21(10-8-20)17(23)12-24-15-6-5-13(18)11-14(15)19/h5-6,11H,2-4,7-10,12H2,1H3. The van der Waals surface area contributed by atoms with Crippen LogP contribution in [-0.4, -0.2) is 54.4 Å². The lowest BCUT2D eigenvalue weighted by atomic mass is 10.2. The molecule has 1 aromatic carbocycles. The first kappa shape index (κ1) is 18.9. The highest BCUT2D eigenvalue weighted by Gasteiger charge is 2.24. The summed E-state index contributed by atoms with van der Waals surface area (Å²) in [5.74, 6) is 0.498. The summed E-state index contributed by atoms with van der Waals surface area (Å²) in [5, 5.41) is 0.893. The van der Waals surface area contributed by atoms with Gasteiger partial charge in [-0.3, -0.25) is 9.59 Å². The van der Waals surface area contributed by atoms with Crippen LogP contribution in [0.3, 0.4) is 0 Å². The molecule has 5 nitrogen and oxygen atoms in total. The fourth-order valence-corrected chi connectivity index (χ4v) is 2.98. The molecule has 1 saturated heterocycles. The summed E-state index contributed by atoms with van der Waals surface area (Å²) < 4.78 is 5.47. The Labute approximate surface area is 152 Å². The first-order chi connectivity index (χ1) is 11.5. The topological polar surface area (TPSA) is 49.9 Å². The molecule has 132 valence electrons. The summed E-state index contributed by atoms with van der Waals surface area (Å²) in [6.45, 7) is 4.22. The number of hydrogen-bond acceptors (Lipinski definition) is 3. The zero-order chi connectivity index (χ0) is 17.5. The number of halogens is 2. The number of carbonyl (C=O) groups excluding carboxylic acids is 2. The van der Waals surface area contributed by atoms with E-state index in [1.165, 1.54) is 0 Å². The van der Waals surface area contributed by atoms with Crippen LogP contribution in [0.4, 0.5) is 0 Å². The van der Waals surface area contributed by atoms with E-state index in [2.05, 4.69) is 6.92 Å². The number of amides is 2. The minimum atomic E-state index is -0.110. The molecule has 0 bridgehead atoms. The molecule has 0 aromatic heterocycles. The molecule has 7 heteroatoms. The first-order valence-corrected chi connectivity index (χ1v) is 8.90. The van der Waals surface area contributed by atoms with Gasteiger partial charge in [0.25, 0.3) is 5.91 Å². The monoisotopic (exact) mass is 372 g/mol. The number of rotatable bonds is 6. The summed E-state index contributed by atoms with van der Waals surface area (Å²) in [6.07, 6.45) is 2.51. The third kappa shape index (κ3) is 5.28. The van der Waals surface area contributed by atoms with E-state index in [-0.39, 0.29) is 18.4 Å². The Kier molecular flexibility index (Phi) is 7.18. The van der Waals surface area contributed by atoms with Crippen LogP contribution in [0.15, 0.2) is 18.2 Å². The first-order valence-electron chi connectivity index (χ1n) is 8.14. The smallest absolute Gasteiger partial charge is 0.260 e. The number of unbranched alkanes of at least 4 members (excludes halogenated alkanes) is 1. The molecule has 1 aliphatic heterocycles. The fraction of sp³-hybridized carbons (Fsp3) is 0.529. The van der Waals surface area contributed by atoms with Gasteiger partial charge in [-0.25, -0.2) is 0 Å². The Morgan fingerprint density at radius 1 is 1.08 bits per heavy atom. The lowest BCUT2D eigenvalue weighted by Crippen LogP contribution is -2.51. The third-order valence-corrected chi connectivity index (χ3v) is 4.50. The number of piperazine rings is 1. The van der Waals surface area contributed by atoms with Crippen molar-refractivity contribution in [1.82, 2.24) is 9.80 Å². The molecular formula is C17H22Cl2N2O3. The average molecular weight is 373 g/mol. The summed E-state index contributed by atoms with van der Waals surface area (Å²) in [7, 11) is 0. The highest BCUT2D eigenvalue weighted by atomic mass is 35.5. The summed E-state index contributed by atoms with van der Waals surface area (Å²) in [6, 6.07) is 4.87. The van der Waals surface area contributed by atoms with E-state index in [0.717, 1.165) is 12.8 Å². The van der Waals surface area contributed by atoms with Crippen LogP contribution in [0, 0.1) is 0 Å². The van der Waals surface area contributed by atoms with Crippen molar-refractivity contribution in [3.63, 3.8) is 0 Å².